The molecule has 3 rings (SSSR count). The van der Waals surface area contributed by atoms with E-state index in [-0.39, 0.29) is 11.7 Å². The van der Waals surface area contributed by atoms with Crippen LogP contribution in [0, 0.1) is 35.3 Å². The van der Waals surface area contributed by atoms with Crippen LogP contribution >= 0.6 is 0 Å². The van der Waals surface area contributed by atoms with Crippen molar-refractivity contribution in [3.8, 4) is 5.75 Å². The van der Waals surface area contributed by atoms with Crippen molar-refractivity contribution in [2.45, 2.75) is 129 Å². The summed E-state index contributed by atoms with van der Waals surface area (Å²) in [6.07, 6.45) is 20.2. The average Bonchev–Trinajstić information content (AvgIpc) is 2.87. The quantitative estimate of drug-likeness (QED) is 0.257. The first-order chi connectivity index (χ1) is 16.5. The molecule has 1 aromatic carbocycles. The first-order valence-corrected chi connectivity index (χ1v) is 14.7. The SMILES string of the molecule is CCCCCCCC1CCC(C(C)[C@H]2CC[C@H](c3ccc(OCCCC)c(F)c3F)CC2)CC1. The minimum Gasteiger partial charge on any atom is -0.490 e. The van der Waals surface area contributed by atoms with E-state index in [4.69, 9.17) is 4.74 Å². The van der Waals surface area contributed by atoms with Gasteiger partial charge in [0, 0.05) is 0 Å². The van der Waals surface area contributed by atoms with E-state index in [9.17, 15) is 8.78 Å². The van der Waals surface area contributed by atoms with E-state index < -0.39 is 11.6 Å². The third-order valence-corrected chi connectivity index (χ3v) is 9.14. The molecule has 0 bridgehead atoms. The van der Waals surface area contributed by atoms with Crippen molar-refractivity contribution in [2.24, 2.45) is 23.7 Å². The second-order valence-electron chi connectivity index (χ2n) is 11.4. The molecule has 0 aromatic heterocycles. The molecule has 194 valence electrons. The number of halogens is 2. The molecular weight excluding hydrogens is 426 g/mol. The molecule has 2 fully saturated rings. The lowest BCUT2D eigenvalue weighted by Gasteiger charge is -2.39. The summed E-state index contributed by atoms with van der Waals surface area (Å²) in [5.41, 5.74) is 0.561. The number of hydrogen-bond donors (Lipinski definition) is 0. The summed E-state index contributed by atoms with van der Waals surface area (Å²) in [5, 5.41) is 0. The van der Waals surface area contributed by atoms with Crippen molar-refractivity contribution in [3.63, 3.8) is 0 Å². The summed E-state index contributed by atoms with van der Waals surface area (Å²) in [4.78, 5) is 0. The highest BCUT2D eigenvalue weighted by Crippen LogP contribution is 2.45. The number of unbranched alkanes of at least 4 members (excludes halogenated alkanes) is 5. The Morgan fingerprint density at radius 3 is 2.03 bits per heavy atom. The van der Waals surface area contributed by atoms with Crippen LogP contribution in [0.1, 0.15) is 135 Å². The largest absolute Gasteiger partial charge is 0.490 e. The van der Waals surface area contributed by atoms with Crippen molar-refractivity contribution in [3.05, 3.63) is 29.3 Å². The lowest BCUT2D eigenvalue weighted by atomic mass is 9.66. The first kappa shape index (κ1) is 27.5. The van der Waals surface area contributed by atoms with Crippen LogP contribution in [0.3, 0.4) is 0 Å². The third-order valence-electron chi connectivity index (χ3n) is 9.14. The van der Waals surface area contributed by atoms with Gasteiger partial charge in [0.15, 0.2) is 11.6 Å². The Morgan fingerprint density at radius 1 is 0.765 bits per heavy atom. The Bertz CT molecular complexity index is 702. The fraction of sp³-hybridized carbons (Fsp3) is 0.806. The average molecular weight is 477 g/mol. The van der Waals surface area contributed by atoms with Crippen molar-refractivity contribution < 1.29 is 13.5 Å². The van der Waals surface area contributed by atoms with Crippen molar-refractivity contribution >= 4 is 0 Å². The van der Waals surface area contributed by atoms with Gasteiger partial charge in [0.25, 0.3) is 0 Å². The topological polar surface area (TPSA) is 9.23 Å². The van der Waals surface area contributed by atoms with Gasteiger partial charge in [-0.1, -0.05) is 84.6 Å². The fourth-order valence-electron chi connectivity index (χ4n) is 6.68. The molecule has 34 heavy (non-hydrogen) atoms. The predicted octanol–water partition coefficient (Wildman–Crippen LogP) is 10.2. The maximum absolute atomic E-state index is 14.8. The highest BCUT2D eigenvalue weighted by atomic mass is 19.2. The van der Waals surface area contributed by atoms with Crippen molar-refractivity contribution in [1.29, 1.82) is 0 Å². The van der Waals surface area contributed by atoms with Crippen LogP contribution in [0.2, 0.25) is 0 Å². The summed E-state index contributed by atoms with van der Waals surface area (Å²) >= 11 is 0. The van der Waals surface area contributed by atoms with Crippen LogP contribution < -0.4 is 4.74 Å². The summed E-state index contributed by atoms with van der Waals surface area (Å²) < 4.78 is 34.8. The molecule has 2 aliphatic rings. The van der Waals surface area contributed by atoms with E-state index in [0.717, 1.165) is 62.2 Å². The van der Waals surface area contributed by atoms with Gasteiger partial charge in [0.1, 0.15) is 0 Å². The summed E-state index contributed by atoms with van der Waals surface area (Å²) in [6.45, 7) is 7.26. The Kier molecular flexibility index (Phi) is 11.7. The molecule has 2 aliphatic carbocycles. The second-order valence-corrected chi connectivity index (χ2v) is 11.4. The number of ether oxygens (including phenoxy) is 1. The van der Waals surface area contributed by atoms with E-state index in [1.807, 2.05) is 0 Å². The standard InChI is InChI=1S/C31H50F2O/c1-4-6-8-9-10-11-24-12-14-25(15-13-24)23(3)26-16-18-27(19-17-26)28-20-21-29(31(33)30(28)32)34-22-7-5-2/h20-21,23-27H,4-19,22H2,1-3H3/t23?,24?,25?,26-,27-. The molecule has 3 heteroatoms. The molecule has 1 aromatic rings. The fourth-order valence-corrected chi connectivity index (χ4v) is 6.68. The molecule has 0 saturated heterocycles. The highest BCUT2D eigenvalue weighted by Gasteiger charge is 2.33. The van der Waals surface area contributed by atoms with Crippen molar-refractivity contribution in [1.82, 2.24) is 0 Å². The Labute approximate surface area is 208 Å². The second kappa shape index (κ2) is 14.4. The Balaban J connectivity index is 1.42. The van der Waals surface area contributed by atoms with Crippen LogP contribution in [-0.2, 0) is 0 Å². The van der Waals surface area contributed by atoms with E-state index >= 15 is 0 Å². The number of rotatable bonds is 13. The Morgan fingerprint density at radius 2 is 1.38 bits per heavy atom. The molecule has 1 atom stereocenters. The summed E-state index contributed by atoms with van der Waals surface area (Å²) in [6, 6.07) is 3.41. The van der Waals surface area contributed by atoms with Gasteiger partial charge in [0.2, 0.25) is 5.82 Å². The van der Waals surface area contributed by atoms with Gasteiger partial charge >= 0.3 is 0 Å². The minimum absolute atomic E-state index is 0.0635. The minimum atomic E-state index is -0.800. The molecule has 0 aliphatic heterocycles. The van der Waals surface area contributed by atoms with E-state index in [2.05, 4.69) is 20.8 Å². The molecule has 0 N–H and O–H groups in total. The lowest BCUT2D eigenvalue weighted by Crippen LogP contribution is -2.28. The van der Waals surface area contributed by atoms with Gasteiger partial charge in [0.05, 0.1) is 6.61 Å². The number of hydrogen-bond acceptors (Lipinski definition) is 1. The van der Waals surface area contributed by atoms with Gasteiger partial charge in [-0.2, -0.15) is 4.39 Å². The van der Waals surface area contributed by atoms with Crippen LogP contribution in [0.4, 0.5) is 8.78 Å². The van der Waals surface area contributed by atoms with E-state index in [1.165, 1.54) is 64.2 Å². The van der Waals surface area contributed by atoms with Crippen LogP contribution in [-0.4, -0.2) is 6.61 Å². The zero-order valence-corrected chi connectivity index (χ0v) is 22.2. The van der Waals surface area contributed by atoms with Gasteiger partial charge in [-0.3, -0.25) is 0 Å². The van der Waals surface area contributed by atoms with Crippen molar-refractivity contribution in [2.75, 3.05) is 6.61 Å². The summed E-state index contributed by atoms with van der Waals surface area (Å²) in [7, 11) is 0. The lowest BCUT2D eigenvalue weighted by molar-refractivity contribution is 0.131. The monoisotopic (exact) mass is 476 g/mol. The normalized spacial score (nSPS) is 26.4. The van der Waals surface area contributed by atoms with Crippen LogP contribution in [0.25, 0.3) is 0 Å². The van der Waals surface area contributed by atoms with Crippen LogP contribution in [0.5, 0.6) is 5.75 Å². The van der Waals surface area contributed by atoms with E-state index in [1.54, 1.807) is 12.1 Å². The van der Waals surface area contributed by atoms with Gasteiger partial charge in [-0.05, 0) is 86.2 Å². The maximum Gasteiger partial charge on any atom is 0.200 e. The van der Waals surface area contributed by atoms with Gasteiger partial charge in [-0.15, -0.1) is 0 Å². The zero-order chi connectivity index (χ0) is 24.3. The molecule has 0 heterocycles. The number of benzene rings is 1. The summed E-state index contributed by atoms with van der Waals surface area (Å²) in [5.74, 6) is 2.07. The zero-order valence-electron chi connectivity index (χ0n) is 22.2. The molecule has 2 saturated carbocycles. The molecule has 1 unspecified atom stereocenters. The Hall–Kier alpha value is -1.12. The predicted molar refractivity (Wildman–Crippen MR) is 139 cm³/mol. The molecule has 1 nitrogen and oxygen atoms in total. The van der Waals surface area contributed by atoms with Crippen LogP contribution in [0.15, 0.2) is 12.1 Å². The molecule has 0 amide bonds. The molecular formula is C31H50F2O. The van der Waals surface area contributed by atoms with Gasteiger partial charge < -0.3 is 4.74 Å². The molecule has 0 spiro atoms. The third kappa shape index (κ3) is 7.69. The molecule has 0 radical (unpaired) electrons. The van der Waals surface area contributed by atoms with Gasteiger partial charge in [-0.25, -0.2) is 4.39 Å². The first-order valence-electron chi connectivity index (χ1n) is 14.7. The smallest absolute Gasteiger partial charge is 0.200 e. The van der Waals surface area contributed by atoms with E-state index in [0.29, 0.717) is 12.2 Å². The maximum atomic E-state index is 14.8. The highest BCUT2D eigenvalue weighted by molar-refractivity contribution is 5.33.